The SMILES string of the molecule is c1ccc(-c2ccc3c(CCN4CCCCC4)c(-c4ccccc4)[nH]c3c2)cc1. The Morgan fingerprint density at radius 2 is 1.38 bits per heavy atom. The summed E-state index contributed by atoms with van der Waals surface area (Å²) in [5.41, 5.74) is 7.78. The Balaban J connectivity index is 1.54. The molecule has 1 aromatic heterocycles. The van der Waals surface area contributed by atoms with Crippen LogP contribution >= 0.6 is 0 Å². The average molecular weight is 381 g/mol. The number of aromatic amines is 1. The summed E-state index contributed by atoms with van der Waals surface area (Å²) in [4.78, 5) is 6.39. The van der Waals surface area contributed by atoms with Crippen LogP contribution in [0.3, 0.4) is 0 Å². The molecule has 0 unspecified atom stereocenters. The van der Waals surface area contributed by atoms with E-state index in [1.165, 1.54) is 71.2 Å². The first-order valence-corrected chi connectivity index (χ1v) is 10.9. The molecule has 0 radical (unpaired) electrons. The summed E-state index contributed by atoms with van der Waals surface area (Å²) in [6.45, 7) is 3.65. The lowest BCUT2D eigenvalue weighted by Crippen LogP contribution is -2.31. The lowest BCUT2D eigenvalue weighted by molar-refractivity contribution is 0.232. The van der Waals surface area contributed by atoms with Crippen molar-refractivity contribution in [2.24, 2.45) is 0 Å². The molecule has 29 heavy (non-hydrogen) atoms. The maximum atomic E-state index is 3.76. The third-order valence-electron chi connectivity index (χ3n) is 6.20. The Kier molecular flexibility index (Phi) is 5.19. The molecule has 1 aliphatic rings. The van der Waals surface area contributed by atoms with Crippen LogP contribution in [0.15, 0.2) is 78.9 Å². The second-order valence-corrected chi connectivity index (χ2v) is 8.12. The highest BCUT2D eigenvalue weighted by Gasteiger charge is 2.16. The highest BCUT2D eigenvalue weighted by molar-refractivity contribution is 5.93. The number of hydrogen-bond donors (Lipinski definition) is 1. The molecule has 146 valence electrons. The van der Waals surface area contributed by atoms with E-state index in [0.717, 1.165) is 13.0 Å². The number of fused-ring (bicyclic) bond motifs is 1. The number of nitrogens with one attached hydrogen (secondary N) is 1. The molecule has 1 aliphatic heterocycles. The fourth-order valence-corrected chi connectivity index (χ4v) is 4.63. The molecular weight excluding hydrogens is 352 g/mol. The zero-order valence-electron chi connectivity index (χ0n) is 16.9. The van der Waals surface area contributed by atoms with Crippen molar-refractivity contribution in [2.45, 2.75) is 25.7 Å². The first-order valence-electron chi connectivity index (χ1n) is 10.9. The number of likely N-dealkylation sites (tertiary alicyclic amines) is 1. The van der Waals surface area contributed by atoms with Gasteiger partial charge in [0.25, 0.3) is 0 Å². The largest absolute Gasteiger partial charge is 0.354 e. The Morgan fingerprint density at radius 1 is 0.690 bits per heavy atom. The number of H-pyrrole nitrogens is 1. The zero-order valence-corrected chi connectivity index (χ0v) is 16.9. The minimum absolute atomic E-state index is 1.09. The molecule has 0 spiro atoms. The van der Waals surface area contributed by atoms with Crippen molar-refractivity contribution < 1.29 is 0 Å². The summed E-state index contributed by atoms with van der Waals surface area (Å²) < 4.78 is 0. The lowest BCUT2D eigenvalue weighted by atomic mass is 9.99. The third-order valence-corrected chi connectivity index (χ3v) is 6.20. The molecule has 0 saturated carbocycles. The van der Waals surface area contributed by atoms with E-state index >= 15 is 0 Å². The van der Waals surface area contributed by atoms with E-state index in [1.54, 1.807) is 0 Å². The van der Waals surface area contributed by atoms with Crippen molar-refractivity contribution in [3.63, 3.8) is 0 Å². The summed E-state index contributed by atoms with van der Waals surface area (Å²) in [5.74, 6) is 0. The van der Waals surface area contributed by atoms with E-state index in [4.69, 9.17) is 0 Å². The molecule has 1 saturated heterocycles. The minimum atomic E-state index is 1.09. The van der Waals surface area contributed by atoms with Crippen LogP contribution < -0.4 is 0 Å². The van der Waals surface area contributed by atoms with E-state index in [0.29, 0.717) is 0 Å². The second-order valence-electron chi connectivity index (χ2n) is 8.12. The Bertz CT molecular complexity index is 1070. The Morgan fingerprint density at radius 3 is 2.10 bits per heavy atom. The number of nitrogens with zero attached hydrogens (tertiary/aromatic N) is 1. The van der Waals surface area contributed by atoms with Gasteiger partial charge in [0.2, 0.25) is 0 Å². The van der Waals surface area contributed by atoms with Gasteiger partial charge in [-0.05, 0) is 60.7 Å². The maximum Gasteiger partial charge on any atom is 0.0497 e. The summed E-state index contributed by atoms with van der Waals surface area (Å²) in [7, 11) is 0. The summed E-state index contributed by atoms with van der Waals surface area (Å²) in [5, 5.41) is 1.36. The van der Waals surface area contributed by atoms with E-state index in [-0.39, 0.29) is 0 Å². The predicted octanol–water partition coefficient (Wildman–Crippen LogP) is 6.53. The van der Waals surface area contributed by atoms with Crippen LogP contribution in [0, 0.1) is 0 Å². The smallest absolute Gasteiger partial charge is 0.0497 e. The molecule has 0 aliphatic carbocycles. The van der Waals surface area contributed by atoms with Gasteiger partial charge in [0.15, 0.2) is 0 Å². The molecule has 1 N–H and O–H groups in total. The van der Waals surface area contributed by atoms with Gasteiger partial charge in [0.1, 0.15) is 0 Å². The van der Waals surface area contributed by atoms with E-state index < -0.39 is 0 Å². The van der Waals surface area contributed by atoms with Gasteiger partial charge in [0.05, 0.1) is 0 Å². The monoisotopic (exact) mass is 380 g/mol. The van der Waals surface area contributed by atoms with Gasteiger partial charge >= 0.3 is 0 Å². The summed E-state index contributed by atoms with van der Waals surface area (Å²) in [6.07, 6.45) is 5.18. The normalized spacial score (nSPS) is 15.0. The first-order chi connectivity index (χ1) is 14.4. The van der Waals surface area contributed by atoms with Crippen LogP contribution in [-0.2, 0) is 6.42 Å². The van der Waals surface area contributed by atoms with Crippen molar-refractivity contribution in [3.05, 3.63) is 84.4 Å². The van der Waals surface area contributed by atoms with Crippen LogP contribution in [0.5, 0.6) is 0 Å². The topological polar surface area (TPSA) is 19.0 Å². The van der Waals surface area contributed by atoms with Crippen molar-refractivity contribution >= 4 is 10.9 Å². The van der Waals surface area contributed by atoms with E-state index in [1.807, 2.05) is 0 Å². The van der Waals surface area contributed by atoms with Gasteiger partial charge in [-0.15, -0.1) is 0 Å². The standard InChI is InChI=1S/C27H28N2/c1-4-10-21(11-5-1)23-14-15-24-25(16-19-29-17-8-3-9-18-29)27(28-26(24)20-23)22-12-6-2-7-13-22/h1-2,4-7,10-15,20,28H,3,8-9,16-19H2. The number of benzene rings is 3. The van der Waals surface area contributed by atoms with E-state index in [2.05, 4.69) is 88.7 Å². The van der Waals surface area contributed by atoms with Crippen LogP contribution in [-0.4, -0.2) is 29.5 Å². The molecule has 2 heteroatoms. The van der Waals surface area contributed by atoms with Crippen LogP contribution in [0.2, 0.25) is 0 Å². The fraction of sp³-hybridized carbons (Fsp3) is 0.259. The van der Waals surface area contributed by atoms with Crippen molar-refractivity contribution in [2.75, 3.05) is 19.6 Å². The molecular formula is C27H28N2. The minimum Gasteiger partial charge on any atom is -0.354 e. The first kappa shape index (κ1) is 18.2. The maximum absolute atomic E-state index is 3.76. The third kappa shape index (κ3) is 3.86. The number of rotatable bonds is 5. The number of piperidine rings is 1. The van der Waals surface area contributed by atoms with Gasteiger partial charge in [-0.1, -0.05) is 79.2 Å². The summed E-state index contributed by atoms with van der Waals surface area (Å²) >= 11 is 0. The quantitative estimate of drug-likeness (QED) is 0.417. The summed E-state index contributed by atoms with van der Waals surface area (Å²) in [6, 6.07) is 28.3. The van der Waals surface area contributed by atoms with Gasteiger partial charge < -0.3 is 9.88 Å². The predicted molar refractivity (Wildman–Crippen MR) is 123 cm³/mol. The molecule has 0 atom stereocenters. The van der Waals surface area contributed by atoms with Crippen molar-refractivity contribution in [1.82, 2.24) is 9.88 Å². The molecule has 3 aromatic carbocycles. The Hall–Kier alpha value is -2.84. The van der Waals surface area contributed by atoms with Crippen LogP contribution in [0.4, 0.5) is 0 Å². The van der Waals surface area contributed by atoms with Gasteiger partial charge in [-0.3, -0.25) is 0 Å². The molecule has 2 nitrogen and oxygen atoms in total. The van der Waals surface area contributed by atoms with E-state index in [9.17, 15) is 0 Å². The van der Waals surface area contributed by atoms with Crippen molar-refractivity contribution in [3.8, 4) is 22.4 Å². The number of aromatic nitrogens is 1. The van der Waals surface area contributed by atoms with Crippen molar-refractivity contribution in [1.29, 1.82) is 0 Å². The second kappa shape index (κ2) is 8.26. The van der Waals surface area contributed by atoms with Gasteiger partial charge in [-0.2, -0.15) is 0 Å². The fourth-order valence-electron chi connectivity index (χ4n) is 4.63. The molecule has 2 heterocycles. The average Bonchev–Trinajstić information content (AvgIpc) is 3.17. The molecule has 0 bridgehead atoms. The van der Waals surface area contributed by atoms with Crippen LogP contribution in [0.1, 0.15) is 24.8 Å². The van der Waals surface area contributed by atoms with Crippen LogP contribution in [0.25, 0.3) is 33.3 Å². The molecule has 0 amide bonds. The molecule has 4 aromatic rings. The van der Waals surface area contributed by atoms with Gasteiger partial charge in [-0.25, -0.2) is 0 Å². The zero-order chi connectivity index (χ0) is 19.5. The Labute approximate surface area is 173 Å². The molecule has 5 rings (SSSR count). The molecule has 1 fully saturated rings. The lowest BCUT2D eigenvalue weighted by Gasteiger charge is -2.26. The number of hydrogen-bond acceptors (Lipinski definition) is 1. The highest BCUT2D eigenvalue weighted by Crippen LogP contribution is 2.33. The highest BCUT2D eigenvalue weighted by atomic mass is 15.1. The van der Waals surface area contributed by atoms with Gasteiger partial charge in [0, 0.05) is 23.1 Å².